The van der Waals surface area contributed by atoms with Gasteiger partial charge in [0.25, 0.3) is 0 Å². The number of sulfonamides is 1. The highest BCUT2D eigenvalue weighted by Gasteiger charge is 2.35. The van der Waals surface area contributed by atoms with Crippen molar-refractivity contribution in [1.29, 1.82) is 0 Å². The van der Waals surface area contributed by atoms with Crippen LogP contribution in [-0.4, -0.2) is 49.7 Å². The quantitative estimate of drug-likeness (QED) is 0.784. The van der Waals surface area contributed by atoms with E-state index in [1.807, 2.05) is 33.9 Å². The van der Waals surface area contributed by atoms with E-state index in [0.29, 0.717) is 18.0 Å². The lowest BCUT2D eigenvalue weighted by Crippen LogP contribution is -2.46. The van der Waals surface area contributed by atoms with Gasteiger partial charge in [0, 0.05) is 26.2 Å². The maximum atomic E-state index is 13.1. The topological polar surface area (TPSA) is 57.7 Å². The molecule has 1 amide bonds. The van der Waals surface area contributed by atoms with Crippen molar-refractivity contribution in [2.75, 3.05) is 26.2 Å². The largest absolute Gasteiger partial charge is 0.342 e. The Morgan fingerprint density at radius 1 is 0.963 bits per heavy atom. The lowest BCUT2D eigenvalue weighted by atomic mass is 9.98. The fourth-order valence-corrected chi connectivity index (χ4v) is 6.14. The SMILES string of the molecule is O=C(C1CCCN(S(=O)(=O)c2ccc(-c3ccsc3)cc2)C1)N1CCCC1. The summed E-state index contributed by atoms with van der Waals surface area (Å²) in [5.74, 6) is -0.0862. The molecule has 1 aromatic carbocycles. The van der Waals surface area contributed by atoms with Gasteiger partial charge in [-0.1, -0.05) is 12.1 Å². The van der Waals surface area contributed by atoms with Crippen molar-refractivity contribution >= 4 is 27.3 Å². The van der Waals surface area contributed by atoms with E-state index in [1.165, 1.54) is 4.31 Å². The van der Waals surface area contributed by atoms with Gasteiger partial charge in [-0.3, -0.25) is 4.79 Å². The van der Waals surface area contributed by atoms with Gasteiger partial charge in [0.05, 0.1) is 10.8 Å². The van der Waals surface area contributed by atoms with E-state index in [0.717, 1.165) is 49.9 Å². The van der Waals surface area contributed by atoms with Crippen molar-refractivity contribution in [3.05, 3.63) is 41.1 Å². The van der Waals surface area contributed by atoms with Crippen molar-refractivity contribution in [3.63, 3.8) is 0 Å². The van der Waals surface area contributed by atoms with Crippen LogP contribution in [0.4, 0.5) is 0 Å². The molecule has 3 heterocycles. The van der Waals surface area contributed by atoms with E-state index >= 15 is 0 Å². The van der Waals surface area contributed by atoms with Crippen LogP contribution in [0.3, 0.4) is 0 Å². The number of hydrogen-bond acceptors (Lipinski definition) is 4. The molecule has 144 valence electrons. The molecule has 0 N–H and O–H groups in total. The lowest BCUT2D eigenvalue weighted by Gasteiger charge is -2.33. The van der Waals surface area contributed by atoms with E-state index in [4.69, 9.17) is 0 Å². The summed E-state index contributed by atoms with van der Waals surface area (Å²) in [6.07, 6.45) is 3.61. The molecule has 27 heavy (non-hydrogen) atoms. The molecule has 0 radical (unpaired) electrons. The minimum absolute atomic E-state index is 0.125. The number of piperidine rings is 1. The Morgan fingerprint density at radius 2 is 1.70 bits per heavy atom. The molecule has 4 rings (SSSR count). The standard InChI is InChI=1S/C20H24N2O3S2/c23-20(21-10-1-2-11-21)17-4-3-12-22(14-17)27(24,25)19-7-5-16(6-8-19)18-9-13-26-15-18/h5-9,13,15,17H,1-4,10-12,14H2. The molecule has 0 saturated carbocycles. The van der Waals surface area contributed by atoms with Gasteiger partial charge in [-0.05, 0) is 65.8 Å². The maximum absolute atomic E-state index is 13.1. The van der Waals surface area contributed by atoms with E-state index in [9.17, 15) is 13.2 Å². The number of carbonyl (C=O) groups excluding carboxylic acids is 1. The summed E-state index contributed by atoms with van der Waals surface area (Å²) in [4.78, 5) is 14.9. The molecule has 2 saturated heterocycles. The molecule has 1 aromatic heterocycles. The predicted octanol–water partition coefficient (Wildman–Crippen LogP) is 3.44. The predicted molar refractivity (Wildman–Crippen MR) is 107 cm³/mol. The number of benzene rings is 1. The summed E-state index contributed by atoms with van der Waals surface area (Å²) >= 11 is 1.62. The second-order valence-electron chi connectivity index (χ2n) is 7.27. The van der Waals surface area contributed by atoms with Crippen LogP contribution in [0.25, 0.3) is 11.1 Å². The molecular formula is C20H24N2O3S2. The van der Waals surface area contributed by atoms with Crippen LogP contribution >= 0.6 is 11.3 Å². The molecular weight excluding hydrogens is 380 g/mol. The first-order valence-electron chi connectivity index (χ1n) is 9.47. The summed E-state index contributed by atoms with van der Waals surface area (Å²) in [6.45, 7) is 2.40. The first-order valence-corrected chi connectivity index (χ1v) is 11.9. The average molecular weight is 405 g/mol. The summed E-state index contributed by atoms with van der Waals surface area (Å²) in [5.41, 5.74) is 2.11. The van der Waals surface area contributed by atoms with Crippen molar-refractivity contribution < 1.29 is 13.2 Å². The normalized spacial score (nSPS) is 21.5. The fraction of sp³-hybridized carbons (Fsp3) is 0.450. The Kier molecular flexibility index (Phi) is 5.34. The second kappa shape index (κ2) is 7.73. The summed E-state index contributed by atoms with van der Waals surface area (Å²) in [5, 5.41) is 4.05. The Balaban J connectivity index is 1.50. The van der Waals surface area contributed by atoms with Crippen LogP contribution in [0.1, 0.15) is 25.7 Å². The van der Waals surface area contributed by atoms with Gasteiger partial charge in [0.1, 0.15) is 0 Å². The van der Waals surface area contributed by atoms with Crippen molar-refractivity contribution in [3.8, 4) is 11.1 Å². The van der Waals surface area contributed by atoms with Crippen molar-refractivity contribution in [2.24, 2.45) is 5.92 Å². The van der Waals surface area contributed by atoms with Gasteiger partial charge in [0.15, 0.2) is 0 Å². The zero-order valence-electron chi connectivity index (χ0n) is 15.2. The molecule has 1 atom stereocenters. The van der Waals surface area contributed by atoms with Crippen LogP contribution in [-0.2, 0) is 14.8 Å². The van der Waals surface area contributed by atoms with E-state index in [1.54, 1.807) is 23.5 Å². The van der Waals surface area contributed by atoms with Gasteiger partial charge >= 0.3 is 0 Å². The first-order chi connectivity index (χ1) is 13.1. The zero-order chi connectivity index (χ0) is 18.9. The average Bonchev–Trinajstić information content (AvgIpc) is 3.41. The van der Waals surface area contributed by atoms with Gasteiger partial charge in [-0.2, -0.15) is 15.6 Å². The van der Waals surface area contributed by atoms with Crippen LogP contribution < -0.4 is 0 Å². The third-order valence-electron chi connectivity index (χ3n) is 5.50. The molecule has 2 aromatic rings. The lowest BCUT2D eigenvalue weighted by molar-refractivity contribution is -0.135. The Bertz CT molecular complexity index is 886. The third kappa shape index (κ3) is 3.81. The number of amides is 1. The highest BCUT2D eigenvalue weighted by Crippen LogP contribution is 2.28. The number of hydrogen-bond donors (Lipinski definition) is 0. The molecule has 1 unspecified atom stereocenters. The number of nitrogens with zero attached hydrogens (tertiary/aromatic N) is 2. The second-order valence-corrected chi connectivity index (χ2v) is 9.99. The fourth-order valence-electron chi connectivity index (χ4n) is 3.96. The molecule has 2 fully saturated rings. The van der Waals surface area contributed by atoms with Gasteiger partial charge in [0.2, 0.25) is 15.9 Å². The van der Waals surface area contributed by atoms with Gasteiger partial charge in [-0.15, -0.1) is 0 Å². The van der Waals surface area contributed by atoms with Crippen LogP contribution in [0.5, 0.6) is 0 Å². The highest BCUT2D eigenvalue weighted by atomic mass is 32.2. The van der Waals surface area contributed by atoms with Gasteiger partial charge < -0.3 is 4.90 Å². The molecule has 7 heteroatoms. The Morgan fingerprint density at radius 3 is 2.37 bits per heavy atom. The van der Waals surface area contributed by atoms with Crippen molar-refractivity contribution in [2.45, 2.75) is 30.6 Å². The number of thiophene rings is 1. The first kappa shape index (κ1) is 18.7. The molecule has 0 bridgehead atoms. The minimum Gasteiger partial charge on any atom is -0.342 e. The Labute approximate surface area is 164 Å². The zero-order valence-corrected chi connectivity index (χ0v) is 16.8. The van der Waals surface area contributed by atoms with E-state index < -0.39 is 10.0 Å². The van der Waals surface area contributed by atoms with Crippen LogP contribution in [0.15, 0.2) is 46.0 Å². The summed E-state index contributed by atoms with van der Waals surface area (Å²) in [7, 11) is -3.57. The molecule has 0 aliphatic carbocycles. The smallest absolute Gasteiger partial charge is 0.243 e. The molecule has 2 aliphatic rings. The van der Waals surface area contributed by atoms with Crippen molar-refractivity contribution in [1.82, 2.24) is 9.21 Å². The molecule has 2 aliphatic heterocycles. The summed E-state index contributed by atoms with van der Waals surface area (Å²) in [6, 6.07) is 9.08. The van der Waals surface area contributed by atoms with Gasteiger partial charge in [-0.25, -0.2) is 8.42 Å². The van der Waals surface area contributed by atoms with E-state index in [2.05, 4.69) is 0 Å². The summed E-state index contributed by atoms with van der Waals surface area (Å²) < 4.78 is 27.6. The monoisotopic (exact) mass is 404 g/mol. The molecule has 0 spiro atoms. The number of likely N-dealkylation sites (tertiary alicyclic amines) is 1. The maximum Gasteiger partial charge on any atom is 0.243 e. The van der Waals surface area contributed by atoms with Crippen LogP contribution in [0, 0.1) is 5.92 Å². The van der Waals surface area contributed by atoms with Crippen LogP contribution in [0.2, 0.25) is 0 Å². The van der Waals surface area contributed by atoms with E-state index in [-0.39, 0.29) is 11.8 Å². The molecule has 5 nitrogen and oxygen atoms in total. The number of rotatable bonds is 4. The Hall–Kier alpha value is -1.70. The highest BCUT2D eigenvalue weighted by molar-refractivity contribution is 7.89. The minimum atomic E-state index is -3.57. The number of carbonyl (C=O) groups is 1. The third-order valence-corrected chi connectivity index (χ3v) is 8.06.